The quantitative estimate of drug-likeness (QED) is 0.596. The number of amides is 1. The van der Waals surface area contributed by atoms with Crippen LogP contribution in [0.5, 0.6) is 0 Å². The second-order valence-electron chi connectivity index (χ2n) is 7.58. The van der Waals surface area contributed by atoms with Gasteiger partial charge in [0, 0.05) is 30.6 Å². The molecule has 29 heavy (non-hydrogen) atoms. The number of benzene rings is 2. The number of halogens is 1. The van der Waals surface area contributed by atoms with Crippen LogP contribution in [-0.2, 0) is 17.6 Å². The van der Waals surface area contributed by atoms with Crippen LogP contribution < -0.4 is 10.2 Å². The van der Waals surface area contributed by atoms with Gasteiger partial charge in [-0.2, -0.15) is 0 Å². The highest BCUT2D eigenvalue weighted by molar-refractivity contribution is 7.22. The minimum Gasteiger partial charge on any atom is -0.356 e. The summed E-state index contributed by atoms with van der Waals surface area (Å²) in [6, 6.07) is 14.3. The molecule has 6 heteroatoms. The Labute approximate surface area is 180 Å². The molecule has 1 saturated heterocycles. The van der Waals surface area contributed by atoms with Crippen molar-refractivity contribution >= 4 is 44.2 Å². The molecule has 0 radical (unpaired) electrons. The zero-order valence-corrected chi connectivity index (χ0v) is 18.2. The van der Waals surface area contributed by atoms with E-state index in [0.717, 1.165) is 54.4 Å². The van der Waals surface area contributed by atoms with E-state index < -0.39 is 0 Å². The van der Waals surface area contributed by atoms with Crippen LogP contribution in [0.4, 0.5) is 5.13 Å². The summed E-state index contributed by atoms with van der Waals surface area (Å²) < 4.78 is 1.25. The van der Waals surface area contributed by atoms with Crippen molar-refractivity contribution in [2.75, 3.05) is 24.5 Å². The van der Waals surface area contributed by atoms with Gasteiger partial charge in [-0.05, 0) is 61.1 Å². The van der Waals surface area contributed by atoms with Gasteiger partial charge in [0.2, 0.25) is 5.91 Å². The van der Waals surface area contributed by atoms with E-state index in [-0.39, 0.29) is 11.8 Å². The van der Waals surface area contributed by atoms with E-state index in [1.807, 2.05) is 24.3 Å². The first-order chi connectivity index (χ1) is 14.1. The van der Waals surface area contributed by atoms with Gasteiger partial charge in [-0.15, -0.1) is 0 Å². The minimum atomic E-state index is 0.0949. The third-order valence-corrected chi connectivity index (χ3v) is 6.94. The molecule has 2 aromatic carbocycles. The fourth-order valence-electron chi connectivity index (χ4n) is 3.77. The summed E-state index contributed by atoms with van der Waals surface area (Å²) in [6.45, 7) is 4.61. The van der Waals surface area contributed by atoms with Gasteiger partial charge in [0.1, 0.15) is 0 Å². The van der Waals surface area contributed by atoms with Crippen molar-refractivity contribution in [3.05, 3.63) is 58.6 Å². The van der Waals surface area contributed by atoms with E-state index in [0.29, 0.717) is 6.54 Å². The average Bonchev–Trinajstić information content (AvgIpc) is 3.18. The average molecular weight is 428 g/mol. The fraction of sp³-hybridized carbons (Fsp3) is 0.391. The van der Waals surface area contributed by atoms with Gasteiger partial charge in [0.25, 0.3) is 0 Å². The van der Waals surface area contributed by atoms with Gasteiger partial charge in [0.15, 0.2) is 5.13 Å². The second kappa shape index (κ2) is 9.14. The first-order valence-electron chi connectivity index (χ1n) is 10.3. The molecule has 0 saturated carbocycles. The van der Waals surface area contributed by atoms with Crippen LogP contribution in [0.25, 0.3) is 10.2 Å². The number of piperidine rings is 1. The third kappa shape index (κ3) is 4.90. The number of aryl methyl sites for hydroxylation is 1. The summed E-state index contributed by atoms with van der Waals surface area (Å²) in [5.41, 5.74) is 3.61. The van der Waals surface area contributed by atoms with Crippen molar-refractivity contribution in [3.63, 3.8) is 0 Å². The highest BCUT2D eigenvalue weighted by Gasteiger charge is 2.26. The number of hydrogen-bond donors (Lipinski definition) is 1. The predicted octanol–water partition coefficient (Wildman–Crippen LogP) is 5.09. The molecule has 0 spiro atoms. The lowest BCUT2D eigenvalue weighted by Gasteiger charge is -2.31. The van der Waals surface area contributed by atoms with E-state index in [9.17, 15) is 4.79 Å². The zero-order valence-electron chi connectivity index (χ0n) is 16.7. The number of hydrogen-bond acceptors (Lipinski definition) is 4. The number of thiazole rings is 1. The van der Waals surface area contributed by atoms with Crippen molar-refractivity contribution in [1.82, 2.24) is 10.3 Å². The Morgan fingerprint density at radius 2 is 1.90 bits per heavy atom. The number of carbonyl (C=O) groups excluding carboxylic acids is 1. The highest BCUT2D eigenvalue weighted by Crippen LogP contribution is 2.32. The zero-order chi connectivity index (χ0) is 20.2. The molecule has 1 aliphatic heterocycles. The monoisotopic (exact) mass is 427 g/mol. The van der Waals surface area contributed by atoms with Crippen LogP contribution >= 0.6 is 22.9 Å². The first-order valence-corrected chi connectivity index (χ1v) is 11.5. The number of rotatable bonds is 6. The van der Waals surface area contributed by atoms with Gasteiger partial charge in [-0.3, -0.25) is 4.79 Å². The summed E-state index contributed by atoms with van der Waals surface area (Å²) >= 11 is 7.67. The van der Waals surface area contributed by atoms with Gasteiger partial charge in [-0.25, -0.2) is 4.98 Å². The topological polar surface area (TPSA) is 45.2 Å². The van der Waals surface area contributed by atoms with E-state index in [1.165, 1.54) is 15.8 Å². The third-order valence-electron chi connectivity index (χ3n) is 5.61. The number of nitrogens with one attached hydrogen (secondary N) is 1. The predicted molar refractivity (Wildman–Crippen MR) is 122 cm³/mol. The normalized spacial score (nSPS) is 15.0. The van der Waals surface area contributed by atoms with Gasteiger partial charge < -0.3 is 10.2 Å². The van der Waals surface area contributed by atoms with Crippen LogP contribution in [0.15, 0.2) is 42.5 Å². The van der Waals surface area contributed by atoms with E-state index >= 15 is 0 Å². The van der Waals surface area contributed by atoms with E-state index in [4.69, 9.17) is 16.6 Å². The molecule has 0 bridgehead atoms. The molecular formula is C23H26ClN3OS. The number of fused-ring (bicyclic) bond motifs is 1. The molecule has 2 heterocycles. The van der Waals surface area contributed by atoms with Crippen LogP contribution in [-0.4, -0.2) is 30.5 Å². The maximum Gasteiger partial charge on any atom is 0.223 e. The molecule has 0 aliphatic carbocycles. The molecular weight excluding hydrogens is 402 g/mol. The maximum atomic E-state index is 12.5. The Balaban J connectivity index is 1.27. The van der Waals surface area contributed by atoms with Gasteiger partial charge in [0.05, 0.1) is 10.2 Å². The molecule has 4 nitrogen and oxygen atoms in total. The molecule has 1 aromatic heterocycles. The van der Waals surface area contributed by atoms with Crippen LogP contribution in [0.1, 0.15) is 30.9 Å². The number of carbonyl (C=O) groups is 1. The number of aromatic nitrogens is 1. The van der Waals surface area contributed by atoms with Crippen molar-refractivity contribution in [2.24, 2.45) is 5.92 Å². The smallest absolute Gasteiger partial charge is 0.223 e. The van der Waals surface area contributed by atoms with Crippen molar-refractivity contribution in [3.8, 4) is 0 Å². The van der Waals surface area contributed by atoms with Crippen LogP contribution in [0.3, 0.4) is 0 Å². The summed E-state index contributed by atoms with van der Waals surface area (Å²) in [5, 5.41) is 4.92. The van der Waals surface area contributed by atoms with Crippen molar-refractivity contribution in [2.45, 2.75) is 32.6 Å². The standard InChI is InChI=1S/C23H26ClN3OS/c1-2-16-5-8-20-21(15-16)29-23(26-20)27-13-10-18(11-14-27)22(28)25-12-9-17-3-6-19(24)7-4-17/h3-8,15,18H,2,9-14H2,1H3,(H,25,28). The summed E-state index contributed by atoms with van der Waals surface area (Å²) in [4.78, 5) is 19.7. The van der Waals surface area contributed by atoms with E-state index in [1.54, 1.807) is 11.3 Å². The molecule has 1 fully saturated rings. The summed E-state index contributed by atoms with van der Waals surface area (Å²) in [5.74, 6) is 0.271. The largest absolute Gasteiger partial charge is 0.356 e. The van der Waals surface area contributed by atoms with Crippen LogP contribution in [0.2, 0.25) is 5.02 Å². The SMILES string of the molecule is CCc1ccc2nc(N3CCC(C(=O)NCCc4ccc(Cl)cc4)CC3)sc2c1. The molecule has 3 aromatic rings. The molecule has 152 valence electrons. The maximum absolute atomic E-state index is 12.5. The van der Waals surface area contributed by atoms with Gasteiger partial charge in [-0.1, -0.05) is 48.1 Å². The van der Waals surface area contributed by atoms with Crippen molar-refractivity contribution < 1.29 is 4.79 Å². The van der Waals surface area contributed by atoms with Gasteiger partial charge >= 0.3 is 0 Å². The Kier molecular flexibility index (Phi) is 6.36. The molecule has 1 aliphatic rings. The lowest BCUT2D eigenvalue weighted by Crippen LogP contribution is -2.41. The van der Waals surface area contributed by atoms with E-state index in [2.05, 4.69) is 35.3 Å². The number of anilines is 1. The molecule has 0 atom stereocenters. The Morgan fingerprint density at radius 3 is 2.62 bits per heavy atom. The minimum absolute atomic E-state index is 0.0949. The summed E-state index contributed by atoms with van der Waals surface area (Å²) in [6.07, 6.45) is 3.63. The second-order valence-corrected chi connectivity index (χ2v) is 9.03. The number of nitrogens with zero attached hydrogens (tertiary/aromatic N) is 2. The Bertz CT molecular complexity index is 977. The summed E-state index contributed by atoms with van der Waals surface area (Å²) in [7, 11) is 0. The molecule has 1 N–H and O–H groups in total. The lowest BCUT2D eigenvalue weighted by molar-refractivity contribution is -0.125. The lowest BCUT2D eigenvalue weighted by atomic mass is 9.96. The molecule has 4 rings (SSSR count). The highest BCUT2D eigenvalue weighted by atomic mass is 35.5. The molecule has 1 amide bonds. The molecule has 0 unspecified atom stereocenters. The van der Waals surface area contributed by atoms with Crippen molar-refractivity contribution in [1.29, 1.82) is 0 Å². The fourth-order valence-corrected chi connectivity index (χ4v) is 4.98. The Hall–Kier alpha value is -2.11. The van der Waals surface area contributed by atoms with Crippen LogP contribution in [0, 0.1) is 5.92 Å². The Morgan fingerprint density at radius 1 is 1.17 bits per heavy atom. The first kappa shape index (κ1) is 20.2.